The maximum Gasteiger partial charge on any atom is 0.0346 e. The summed E-state index contributed by atoms with van der Waals surface area (Å²) >= 11 is 0. The highest BCUT2D eigenvalue weighted by molar-refractivity contribution is 5.81. The molecule has 1 aromatic carbocycles. The molecule has 2 heterocycles. The monoisotopic (exact) mass is 324 g/mol. The summed E-state index contributed by atoms with van der Waals surface area (Å²) in [6, 6.07) is 8.95. The first-order valence-corrected chi connectivity index (χ1v) is 9.76. The topological polar surface area (TPSA) is 16.1 Å². The lowest BCUT2D eigenvalue weighted by molar-refractivity contribution is 0.160. The van der Waals surface area contributed by atoms with E-state index in [1.807, 2.05) is 12.4 Å². The molecule has 2 aromatic rings. The lowest BCUT2D eigenvalue weighted by Crippen LogP contribution is -2.36. The fraction of sp³-hybridized carbons (Fsp3) is 0.591. The van der Waals surface area contributed by atoms with E-state index in [4.69, 9.17) is 0 Å². The summed E-state index contributed by atoms with van der Waals surface area (Å²) < 4.78 is 0. The molecule has 0 radical (unpaired) electrons. The minimum Gasteiger partial charge on any atom is -0.303 e. The third kappa shape index (κ3) is 5.04. The molecule has 24 heavy (non-hydrogen) atoms. The Bertz CT molecular complexity index is 635. The van der Waals surface area contributed by atoms with Gasteiger partial charge in [-0.1, -0.05) is 32.0 Å². The van der Waals surface area contributed by atoms with Gasteiger partial charge in [-0.2, -0.15) is 0 Å². The highest BCUT2D eigenvalue weighted by Crippen LogP contribution is 2.23. The van der Waals surface area contributed by atoms with Gasteiger partial charge in [0.2, 0.25) is 0 Å². The minimum absolute atomic E-state index is 0.827. The summed E-state index contributed by atoms with van der Waals surface area (Å²) in [4.78, 5) is 6.90. The van der Waals surface area contributed by atoms with Gasteiger partial charge in [0, 0.05) is 24.3 Å². The van der Waals surface area contributed by atoms with Crippen LogP contribution in [0.5, 0.6) is 0 Å². The molecule has 0 unspecified atom stereocenters. The van der Waals surface area contributed by atoms with Crippen LogP contribution in [0.3, 0.4) is 0 Å². The number of likely N-dealkylation sites (tertiary alicyclic amines) is 1. The van der Waals surface area contributed by atoms with E-state index in [9.17, 15) is 0 Å². The molecule has 0 amide bonds. The van der Waals surface area contributed by atoms with Crippen molar-refractivity contribution in [1.29, 1.82) is 0 Å². The van der Waals surface area contributed by atoms with Gasteiger partial charge in [0.05, 0.1) is 0 Å². The Morgan fingerprint density at radius 3 is 3.00 bits per heavy atom. The summed E-state index contributed by atoms with van der Waals surface area (Å²) in [6.45, 7) is 8.62. The van der Waals surface area contributed by atoms with Crippen molar-refractivity contribution in [2.24, 2.45) is 11.8 Å². The highest BCUT2D eigenvalue weighted by Gasteiger charge is 2.19. The van der Waals surface area contributed by atoms with Crippen LogP contribution in [0.4, 0.5) is 0 Å². The summed E-state index contributed by atoms with van der Waals surface area (Å²) in [5, 5.41) is 2.56. The van der Waals surface area contributed by atoms with Gasteiger partial charge in [-0.05, 0) is 80.5 Å². The average molecular weight is 325 g/mol. The number of aromatic nitrogens is 1. The zero-order valence-corrected chi connectivity index (χ0v) is 15.4. The Morgan fingerprint density at radius 2 is 2.12 bits per heavy atom. The Kier molecular flexibility index (Phi) is 6.25. The van der Waals surface area contributed by atoms with Crippen molar-refractivity contribution in [3.63, 3.8) is 0 Å². The number of aryl methyl sites for hydroxylation is 1. The van der Waals surface area contributed by atoms with Crippen molar-refractivity contribution in [3.8, 4) is 0 Å². The van der Waals surface area contributed by atoms with Crippen LogP contribution in [0.2, 0.25) is 0 Å². The largest absolute Gasteiger partial charge is 0.303 e. The van der Waals surface area contributed by atoms with Gasteiger partial charge in [0.1, 0.15) is 0 Å². The van der Waals surface area contributed by atoms with E-state index in [1.54, 1.807) is 0 Å². The van der Waals surface area contributed by atoms with Crippen LogP contribution in [0.1, 0.15) is 51.5 Å². The zero-order valence-electron chi connectivity index (χ0n) is 15.4. The lowest BCUT2D eigenvalue weighted by atomic mass is 9.91. The van der Waals surface area contributed by atoms with Gasteiger partial charge < -0.3 is 4.90 Å². The molecular weight excluding hydrogens is 292 g/mol. The molecule has 130 valence electrons. The van der Waals surface area contributed by atoms with Gasteiger partial charge in [0.15, 0.2) is 0 Å². The first-order valence-electron chi connectivity index (χ1n) is 9.76. The molecule has 0 spiro atoms. The Morgan fingerprint density at radius 1 is 1.21 bits per heavy atom. The molecule has 0 saturated carbocycles. The second-order valence-electron chi connectivity index (χ2n) is 7.94. The van der Waals surface area contributed by atoms with E-state index >= 15 is 0 Å². The predicted molar refractivity (Wildman–Crippen MR) is 103 cm³/mol. The van der Waals surface area contributed by atoms with Crippen molar-refractivity contribution < 1.29 is 0 Å². The standard InChI is InChI=1S/C22H32N2/c1-18(2)11-14-24-13-4-7-20(17-24)6-3-5-19-8-9-22-16-23-12-10-21(22)15-19/h8-10,12,15-16,18,20H,3-7,11,13-14,17H2,1-2H3/t20-/m1/s1. The maximum atomic E-state index is 4.19. The number of hydrogen-bond donors (Lipinski definition) is 0. The van der Waals surface area contributed by atoms with Crippen LogP contribution in [0, 0.1) is 11.8 Å². The Hall–Kier alpha value is -1.41. The maximum absolute atomic E-state index is 4.19. The van der Waals surface area contributed by atoms with Crippen molar-refractivity contribution in [3.05, 3.63) is 42.2 Å². The smallest absolute Gasteiger partial charge is 0.0346 e. The number of pyridine rings is 1. The minimum atomic E-state index is 0.827. The Labute approximate surface area is 147 Å². The zero-order chi connectivity index (χ0) is 16.8. The van der Waals surface area contributed by atoms with Crippen LogP contribution < -0.4 is 0 Å². The van der Waals surface area contributed by atoms with Crippen molar-refractivity contribution in [1.82, 2.24) is 9.88 Å². The molecule has 1 fully saturated rings. The molecule has 0 N–H and O–H groups in total. The number of hydrogen-bond acceptors (Lipinski definition) is 2. The number of nitrogens with zero attached hydrogens (tertiary/aromatic N) is 2. The number of fused-ring (bicyclic) bond motifs is 1. The summed E-state index contributed by atoms with van der Waals surface area (Å²) in [7, 11) is 0. The molecule has 1 aromatic heterocycles. The van der Waals surface area contributed by atoms with E-state index in [1.165, 1.54) is 74.5 Å². The number of rotatable bonds is 7. The van der Waals surface area contributed by atoms with Crippen LogP contribution >= 0.6 is 0 Å². The molecule has 3 rings (SSSR count). The van der Waals surface area contributed by atoms with Crippen molar-refractivity contribution >= 4 is 10.8 Å². The first-order chi connectivity index (χ1) is 11.7. The number of benzene rings is 1. The van der Waals surface area contributed by atoms with E-state index in [-0.39, 0.29) is 0 Å². The fourth-order valence-corrected chi connectivity index (χ4v) is 3.91. The third-order valence-electron chi connectivity index (χ3n) is 5.41. The second-order valence-corrected chi connectivity index (χ2v) is 7.94. The fourth-order valence-electron chi connectivity index (χ4n) is 3.91. The van der Waals surface area contributed by atoms with Gasteiger partial charge in [-0.15, -0.1) is 0 Å². The van der Waals surface area contributed by atoms with E-state index in [2.05, 4.69) is 48.0 Å². The average Bonchev–Trinajstić information content (AvgIpc) is 2.60. The third-order valence-corrected chi connectivity index (χ3v) is 5.41. The quantitative estimate of drug-likeness (QED) is 0.685. The van der Waals surface area contributed by atoms with E-state index in [0.29, 0.717) is 0 Å². The summed E-state index contributed by atoms with van der Waals surface area (Å²) in [5.74, 6) is 1.74. The molecule has 1 saturated heterocycles. The van der Waals surface area contributed by atoms with Crippen molar-refractivity contribution in [2.75, 3.05) is 19.6 Å². The van der Waals surface area contributed by atoms with Gasteiger partial charge in [-0.25, -0.2) is 0 Å². The van der Waals surface area contributed by atoms with Gasteiger partial charge in [-0.3, -0.25) is 4.98 Å². The first kappa shape index (κ1) is 17.4. The molecule has 1 atom stereocenters. The van der Waals surface area contributed by atoms with Gasteiger partial charge >= 0.3 is 0 Å². The molecular formula is C22H32N2. The normalized spacial score (nSPS) is 19.2. The summed E-state index contributed by atoms with van der Waals surface area (Å²) in [6.07, 6.45) is 11.9. The molecule has 1 aliphatic rings. The lowest BCUT2D eigenvalue weighted by Gasteiger charge is -2.33. The van der Waals surface area contributed by atoms with E-state index < -0.39 is 0 Å². The van der Waals surface area contributed by atoms with E-state index in [0.717, 1.165) is 11.8 Å². The van der Waals surface area contributed by atoms with Crippen molar-refractivity contribution in [2.45, 2.75) is 52.4 Å². The molecule has 0 aliphatic carbocycles. The second kappa shape index (κ2) is 8.62. The van der Waals surface area contributed by atoms with Gasteiger partial charge in [0.25, 0.3) is 0 Å². The molecule has 0 bridgehead atoms. The number of piperidine rings is 1. The molecule has 2 nitrogen and oxygen atoms in total. The molecule has 1 aliphatic heterocycles. The van der Waals surface area contributed by atoms with Crippen LogP contribution in [0.25, 0.3) is 10.8 Å². The SMILES string of the molecule is CC(C)CCN1CCC[C@@H](CCCc2ccc3cnccc3c2)C1. The predicted octanol–water partition coefficient (Wildman–Crippen LogP) is 5.32. The van der Waals surface area contributed by atoms with Crippen LogP contribution in [-0.2, 0) is 6.42 Å². The van der Waals surface area contributed by atoms with Crippen LogP contribution in [-0.4, -0.2) is 29.5 Å². The van der Waals surface area contributed by atoms with Crippen LogP contribution in [0.15, 0.2) is 36.7 Å². The highest BCUT2D eigenvalue weighted by atomic mass is 15.1. The Balaban J connectivity index is 1.45. The summed E-state index contributed by atoms with van der Waals surface area (Å²) in [5.41, 5.74) is 1.47. The molecule has 2 heteroatoms.